The summed E-state index contributed by atoms with van der Waals surface area (Å²) in [6, 6.07) is 12.0. The van der Waals surface area contributed by atoms with E-state index >= 15 is 0 Å². The summed E-state index contributed by atoms with van der Waals surface area (Å²) in [7, 11) is 1.71. The average molecular weight is 590 g/mol. The molecule has 1 aliphatic carbocycles. The highest BCUT2D eigenvalue weighted by Gasteiger charge is 2.46. The molecule has 1 amide bonds. The van der Waals surface area contributed by atoms with Gasteiger partial charge in [0.2, 0.25) is 0 Å². The Balaban J connectivity index is 1.15. The summed E-state index contributed by atoms with van der Waals surface area (Å²) < 4.78 is 11.9. The molecule has 1 aromatic heterocycles. The van der Waals surface area contributed by atoms with Crippen molar-refractivity contribution in [2.45, 2.75) is 52.2 Å². The number of carboxylic acid groups (broad SMARTS) is 1. The maximum atomic E-state index is 13.1. The third-order valence-electron chi connectivity index (χ3n) is 9.26. The standard InChI is InChI=1S/C33H39N3O5S/c1-20-6-11-29(41-18-25-10-7-22(14-21(25)2)31(37)35-12-4-5-26(17-35)40-3)27(13-20)28-19-42-33(34-28)36-15-23-8-9-24(16-36)30(23)32(38)39/h6-7,10-11,13-14,19,23-24,26,30H,4-5,8-9,12,15-18H2,1-3H3,(H,38,39)/t23-,24?,26?,30+/m1/s1. The number of ether oxygens (including phenoxy) is 2. The number of carboxylic acids is 1. The highest BCUT2D eigenvalue weighted by molar-refractivity contribution is 7.14. The average Bonchev–Trinajstić information content (AvgIpc) is 3.59. The predicted octanol–water partition coefficient (Wildman–Crippen LogP) is 5.80. The van der Waals surface area contributed by atoms with Crippen molar-refractivity contribution in [3.8, 4) is 17.0 Å². The molecular weight excluding hydrogens is 550 g/mol. The van der Waals surface area contributed by atoms with Crippen LogP contribution in [0.25, 0.3) is 11.3 Å². The molecule has 9 heteroatoms. The van der Waals surface area contributed by atoms with Gasteiger partial charge in [-0.3, -0.25) is 9.59 Å². The van der Waals surface area contributed by atoms with Crippen molar-refractivity contribution in [3.05, 3.63) is 64.0 Å². The zero-order valence-electron chi connectivity index (χ0n) is 24.5. The number of aryl methyl sites for hydroxylation is 2. The fourth-order valence-electron chi connectivity index (χ4n) is 6.93. The fraction of sp³-hybridized carbons (Fsp3) is 0.485. The second-order valence-electron chi connectivity index (χ2n) is 12.1. The number of nitrogens with zero attached hydrogens (tertiary/aromatic N) is 3. The number of likely N-dealkylation sites (tertiary alicyclic amines) is 1. The van der Waals surface area contributed by atoms with Crippen LogP contribution in [0.15, 0.2) is 41.8 Å². The minimum Gasteiger partial charge on any atom is -0.488 e. The third kappa shape index (κ3) is 5.77. The number of thiazole rings is 1. The summed E-state index contributed by atoms with van der Waals surface area (Å²) in [5.41, 5.74) is 5.69. The van der Waals surface area contributed by atoms with Crippen LogP contribution >= 0.6 is 11.3 Å². The summed E-state index contributed by atoms with van der Waals surface area (Å²) in [5.74, 6) is 0.327. The Kier molecular flexibility index (Phi) is 8.23. The van der Waals surface area contributed by atoms with E-state index in [4.69, 9.17) is 14.5 Å². The number of aromatic nitrogens is 1. The van der Waals surface area contributed by atoms with Crippen LogP contribution in [0.1, 0.15) is 52.7 Å². The molecule has 1 N–H and O–H groups in total. The van der Waals surface area contributed by atoms with Gasteiger partial charge in [0.15, 0.2) is 5.13 Å². The van der Waals surface area contributed by atoms with Crippen LogP contribution in [0, 0.1) is 31.6 Å². The van der Waals surface area contributed by atoms with Crippen molar-refractivity contribution in [3.63, 3.8) is 0 Å². The summed E-state index contributed by atoms with van der Waals surface area (Å²) >= 11 is 1.61. The number of anilines is 1. The van der Waals surface area contributed by atoms with E-state index in [-0.39, 0.29) is 29.8 Å². The normalized spacial score (nSPS) is 23.7. The van der Waals surface area contributed by atoms with Gasteiger partial charge >= 0.3 is 5.97 Å². The SMILES string of the molecule is COC1CCCN(C(=O)c2ccc(COc3ccc(C)cc3-c3csc(N4CC5CC[C@H](C4)[C@@H]5C(=O)O)n3)c(C)c2)C1. The highest BCUT2D eigenvalue weighted by Crippen LogP contribution is 2.44. The van der Waals surface area contributed by atoms with Gasteiger partial charge in [-0.2, -0.15) is 0 Å². The maximum Gasteiger partial charge on any atom is 0.307 e. The van der Waals surface area contributed by atoms with Gasteiger partial charge in [0.1, 0.15) is 12.4 Å². The second-order valence-corrected chi connectivity index (χ2v) is 12.9. The monoisotopic (exact) mass is 589 g/mol. The van der Waals surface area contributed by atoms with Crippen molar-refractivity contribution in [1.82, 2.24) is 9.88 Å². The largest absolute Gasteiger partial charge is 0.488 e. The minimum absolute atomic E-state index is 0.0488. The number of fused-ring (bicyclic) bond motifs is 2. The van der Waals surface area contributed by atoms with E-state index in [2.05, 4.69) is 23.3 Å². The molecule has 2 aromatic carbocycles. The summed E-state index contributed by atoms with van der Waals surface area (Å²) in [5, 5.41) is 12.7. The molecule has 8 nitrogen and oxygen atoms in total. The van der Waals surface area contributed by atoms with E-state index < -0.39 is 5.97 Å². The van der Waals surface area contributed by atoms with Crippen molar-refractivity contribution in [1.29, 1.82) is 0 Å². The van der Waals surface area contributed by atoms with E-state index in [1.165, 1.54) is 0 Å². The molecule has 0 spiro atoms. The molecule has 6 rings (SSSR count). The number of carbonyl (C=O) groups excluding carboxylic acids is 1. The summed E-state index contributed by atoms with van der Waals surface area (Å²) in [6.45, 7) is 7.36. The molecule has 2 unspecified atom stereocenters. The third-order valence-corrected chi connectivity index (χ3v) is 10.2. The first kappa shape index (κ1) is 28.7. The number of aliphatic carboxylic acids is 1. The van der Waals surface area contributed by atoms with Gasteiger partial charge in [-0.15, -0.1) is 11.3 Å². The molecule has 2 aliphatic heterocycles. The fourth-order valence-corrected chi connectivity index (χ4v) is 7.77. The van der Waals surface area contributed by atoms with Crippen molar-refractivity contribution < 1.29 is 24.2 Å². The van der Waals surface area contributed by atoms with Crippen LogP contribution in [-0.4, -0.2) is 66.3 Å². The Hall–Kier alpha value is -3.43. The lowest BCUT2D eigenvalue weighted by Gasteiger charge is -2.35. The number of rotatable bonds is 8. The Bertz CT molecular complexity index is 1460. The number of hydrogen-bond donors (Lipinski definition) is 1. The molecule has 4 atom stereocenters. The van der Waals surface area contributed by atoms with Gasteiger partial charge in [0.25, 0.3) is 5.91 Å². The van der Waals surface area contributed by atoms with E-state index in [9.17, 15) is 14.7 Å². The molecular formula is C33H39N3O5S. The first-order valence-electron chi connectivity index (χ1n) is 14.9. The lowest BCUT2D eigenvalue weighted by molar-refractivity contribution is -0.144. The van der Waals surface area contributed by atoms with Gasteiger partial charge in [0.05, 0.1) is 17.7 Å². The van der Waals surface area contributed by atoms with Gasteiger partial charge in [-0.05, 0) is 86.8 Å². The molecule has 3 fully saturated rings. The van der Waals surface area contributed by atoms with Gasteiger partial charge in [-0.1, -0.05) is 17.7 Å². The smallest absolute Gasteiger partial charge is 0.307 e. The lowest BCUT2D eigenvalue weighted by Crippen LogP contribution is -2.44. The summed E-state index contributed by atoms with van der Waals surface area (Å²) in [6.07, 6.45) is 4.01. The second kappa shape index (κ2) is 12.1. The molecule has 1 saturated carbocycles. The van der Waals surface area contributed by atoms with Crippen LogP contribution in [0.4, 0.5) is 5.13 Å². The zero-order valence-corrected chi connectivity index (χ0v) is 25.4. The van der Waals surface area contributed by atoms with Gasteiger partial charge in [0, 0.05) is 49.8 Å². The quantitative estimate of drug-likeness (QED) is 0.355. The first-order valence-corrected chi connectivity index (χ1v) is 15.8. The van der Waals surface area contributed by atoms with E-state index in [1.807, 2.05) is 42.2 Å². The zero-order chi connectivity index (χ0) is 29.4. The lowest BCUT2D eigenvalue weighted by atomic mass is 9.85. The number of methoxy groups -OCH3 is 1. The van der Waals surface area contributed by atoms with Crippen molar-refractivity contribution in [2.75, 3.05) is 38.2 Å². The topological polar surface area (TPSA) is 92.2 Å². The number of hydrogen-bond acceptors (Lipinski definition) is 7. The van der Waals surface area contributed by atoms with Crippen molar-refractivity contribution in [2.24, 2.45) is 17.8 Å². The van der Waals surface area contributed by atoms with E-state index in [1.54, 1.807) is 18.4 Å². The highest BCUT2D eigenvalue weighted by atomic mass is 32.1. The molecule has 222 valence electrons. The Labute approximate surface area is 251 Å². The molecule has 3 aromatic rings. The van der Waals surface area contributed by atoms with Crippen LogP contribution in [0.5, 0.6) is 5.75 Å². The number of amides is 1. The van der Waals surface area contributed by atoms with E-state index in [0.717, 1.165) is 84.1 Å². The number of piperidine rings is 2. The maximum absolute atomic E-state index is 13.1. The molecule has 2 saturated heterocycles. The molecule has 2 bridgehead atoms. The van der Waals surface area contributed by atoms with Crippen LogP contribution in [0.3, 0.4) is 0 Å². The molecule has 3 aliphatic rings. The van der Waals surface area contributed by atoms with Gasteiger partial charge < -0.3 is 24.4 Å². The minimum atomic E-state index is -0.651. The van der Waals surface area contributed by atoms with Crippen LogP contribution < -0.4 is 9.64 Å². The van der Waals surface area contributed by atoms with E-state index in [0.29, 0.717) is 18.7 Å². The van der Waals surface area contributed by atoms with Crippen LogP contribution in [-0.2, 0) is 16.1 Å². The first-order chi connectivity index (χ1) is 20.3. The number of benzene rings is 2. The van der Waals surface area contributed by atoms with Crippen LogP contribution in [0.2, 0.25) is 0 Å². The van der Waals surface area contributed by atoms with Crippen molar-refractivity contribution >= 4 is 28.3 Å². The Morgan fingerprint density at radius 1 is 1.05 bits per heavy atom. The predicted molar refractivity (Wildman–Crippen MR) is 163 cm³/mol. The van der Waals surface area contributed by atoms with Gasteiger partial charge in [-0.25, -0.2) is 4.98 Å². The number of carbonyl (C=O) groups is 2. The summed E-state index contributed by atoms with van der Waals surface area (Å²) in [4.78, 5) is 34.1. The molecule has 42 heavy (non-hydrogen) atoms. The molecule has 3 heterocycles. The molecule has 0 radical (unpaired) electrons. The Morgan fingerprint density at radius 3 is 2.55 bits per heavy atom. The Morgan fingerprint density at radius 2 is 1.83 bits per heavy atom.